The molecular weight excluding hydrogens is 252 g/mol. The van der Waals surface area contributed by atoms with E-state index in [2.05, 4.69) is 11.4 Å². The predicted octanol–water partition coefficient (Wildman–Crippen LogP) is 2.57. The summed E-state index contributed by atoms with van der Waals surface area (Å²) in [5.41, 5.74) is 0.459. The fraction of sp³-hybridized carbons (Fsp3) is 0.500. The second kappa shape index (κ2) is 6.06. The summed E-state index contributed by atoms with van der Waals surface area (Å²) in [5.74, 6) is -0.251. The number of hydrogen-bond acceptors (Lipinski definition) is 4. The lowest BCUT2D eigenvalue weighted by molar-refractivity contribution is -0.150. The molecule has 0 amide bonds. The number of nitrogens with zero attached hydrogens (tertiary/aromatic N) is 1. The van der Waals surface area contributed by atoms with Gasteiger partial charge in [0, 0.05) is 6.04 Å². The Morgan fingerprint density at radius 3 is 2.60 bits per heavy atom. The molecule has 1 aliphatic carbocycles. The third kappa shape index (κ3) is 2.83. The van der Waals surface area contributed by atoms with Crippen LogP contribution < -0.4 is 5.32 Å². The number of ether oxygens (including phenoxy) is 1. The SMILES string of the molecule is CCOC(=O)C1([C@@H](C#N)N[C@H](C)c2ccccc2)CC1. The molecule has 20 heavy (non-hydrogen) atoms. The first-order valence-corrected chi connectivity index (χ1v) is 7.02. The Bertz CT molecular complexity index is 503. The van der Waals surface area contributed by atoms with Crippen LogP contribution in [0.5, 0.6) is 0 Å². The third-order valence-electron chi connectivity index (χ3n) is 3.87. The fourth-order valence-corrected chi connectivity index (χ4v) is 2.43. The second-order valence-corrected chi connectivity index (χ2v) is 5.24. The topological polar surface area (TPSA) is 62.1 Å². The highest BCUT2D eigenvalue weighted by Gasteiger charge is 2.57. The van der Waals surface area contributed by atoms with Crippen molar-refractivity contribution in [3.8, 4) is 6.07 Å². The zero-order chi connectivity index (χ0) is 14.6. The Morgan fingerprint density at radius 1 is 1.45 bits per heavy atom. The van der Waals surface area contributed by atoms with Gasteiger partial charge < -0.3 is 4.74 Å². The van der Waals surface area contributed by atoms with Gasteiger partial charge in [-0.2, -0.15) is 5.26 Å². The van der Waals surface area contributed by atoms with Crippen LogP contribution in [0.15, 0.2) is 30.3 Å². The predicted molar refractivity (Wildman–Crippen MR) is 75.7 cm³/mol. The molecule has 0 saturated heterocycles. The van der Waals surface area contributed by atoms with Crippen molar-refractivity contribution in [2.24, 2.45) is 5.41 Å². The van der Waals surface area contributed by atoms with Crippen LogP contribution in [-0.4, -0.2) is 18.6 Å². The van der Waals surface area contributed by atoms with Gasteiger partial charge in [0.2, 0.25) is 0 Å². The van der Waals surface area contributed by atoms with Gasteiger partial charge in [-0.1, -0.05) is 30.3 Å². The summed E-state index contributed by atoms with van der Waals surface area (Å²) in [7, 11) is 0. The van der Waals surface area contributed by atoms with Crippen molar-refractivity contribution in [2.45, 2.75) is 38.8 Å². The van der Waals surface area contributed by atoms with Crippen LogP contribution >= 0.6 is 0 Å². The quantitative estimate of drug-likeness (QED) is 0.808. The van der Waals surface area contributed by atoms with Gasteiger partial charge >= 0.3 is 5.97 Å². The maximum Gasteiger partial charge on any atom is 0.314 e. The first-order valence-electron chi connectivity index (χ1n) is 7.02. The van der Waals surface area contributed by atoms with Crippen molar-refractivity contribution in [1.29, 1.82) is 5.26 Å². The van der Waals surface area contributed by atoms with Gasteiger partial charge in [-0.15, -0.1) is 0 Å². The van der Waals surface area contributed by atoms with Crippen LogP contribution in [0.4, 0.5) is 0 Å². The number of carbonyl (C=O) groups is 1. The van der Waals surface area contributed by atoms with Gasteiger partial charge in [-0.3, -0.25) is 10.1 Å². The van der Waals surface area contributed by atoms with Crippen LogP contribution in [0.25, 0.3) is 0 Å². The van der Waals surface area contributed by atoms with Crippen molar-refractivity contribution in [3.63, 3.8) is 0 Å². The van der Waals surface area contributed by atoms with Crippen LogP contribution in [0, 0.1) is 16.7 Å². The van der Waals surface area contributed by atoms with E-state index in [-0.39, 0.29) is 12.0 Å². The summed E-state index contributed by atoms with van der Waals surface area (Å²) in [6.45, 7) is 4.14. The van der Waals surface area contributed by atoms with E-state index in [4.69, 9.17) is 4.74 Å². The Morgan fingerprint density at radius 2 is 2.10 bits per heavy atom. The average Bonchev–Trinajstić information content (AvgIpc) is 3.27. The molecule has 1 N–H and O–H groups in total. The Hall–Kier alpha value is -1.86. The summed E-state index contributed by atoms with van der Waals surface area (Å²) < 4.78 is 5.11. The number of hydrogen-bond donors (Lipinski definition) is 1. The molecule has 2 rings (SSSR count). The van der Waals surface area contributed by atoms with Gasteiger partial charge in [0.1, 0.15) is 6.04 Å². The van der Waals surface area contributed by atoms with Crippen LogP contribution in [-0.2, 0) is 9.53 Å². The van der Waals surface area contributed by atoms with Gasteiger partial charge in [0.25, 0.3) is 0 Å². The zero-order valence-corrected chi connectivity index (χ0v) is 11.9. The number of nitriles is 1. The van der Waals surface area contributed by atoms with E-state index in [0.717, 1.165) is 18.4 Å². The maximum atomic E-state index is 12.0. The molecule has 1 aromatic rings. The molecule has 106 valence electrons. The lowest BCUT2D eigenvalue weighted by Gasteiger charge is -2.24. The minimum absolute atomic E-state index is 0.0211. The molecular formula is C16H20N2O2. The monoisotopic (exact) mass is 272 g/mol. The van der Waals surface area contributed by atoms with Crippen molar-refractivity contribution in [3.05, 3.63) is 35.9 Å². The standard InChI is InChI=1S/C16H20N2O2/c1-3-20-15(19)16(9-10-16)14(11-17)18-12(2)13-7-5-4-6-8-13/h4-8,12,14,18H,3,9-10H2,1-2H3/t12-,14-/m1/s1. The molecule has 0 heterocycles. The first-order chi connectivity index (χ1) is 9.64. The minimum atomic E-state index is -0.645. The minimum Gasteiger partial charge on any atom is -0.465 e. The zero-order valence-electron chi connectivity index (χ0n) is 11.9. The van der Waals surface area contributed by atoms with Crippen molar-refractivity contribution in [2.75, 3.05) is 6.61 Å². The fourth-order valence-electron chi connectivity index (χ4n) is 2.43. The summed E-state index contributed by atoms with van der Waals surface area (Å²) in [6.07, 6.45) is 1.44. The number of carbonyl (C=O) groups excluding carboxylic acids is 1. The summed E-state index contributed by atoms with van der Waals surface area (Å²) >= 11 is 0. The molecule has 0 aromatic heterocycles. The van der Waals surface area contributed by atoms with E-state index in [9.17, 15) is 10.1 Å². The molecule has 0 radical (unpaired) electrons. The number of nitrogens with one attached hydrogen (secondary N) is 1. The van der Waals surface area contributed by atoms with E-state index < -0.39 is 11.5 Å². The molecule has 2 atom stereocenters. The number of esters is 1. The Kier molecular flexibility index (Phi) is 4.41. The van der Waals surface area contributed by atoms with Gasteiger partial charge in [0.05, 0.1) is 18.1 Å². The molecule has 0 spiro atoms. The second-order valence-electron chi connectivity index (χ2n) is 5.24. The van der Waals surface area contributed by atoms with E-state index in [0.29, 0.717) is 6.61 Å². The molecule has 4 heteroatoms. The molecule has 4 nitrogen and oxygen atoms in total. The van der Waals surface area contributed by atoms with Crippen molar-refractivity contribution >= 4 is 5.97 Å². The van der Waals surface area contributed by atoms with Gasteiger partial charge in [-0.05, 0) is 32.3 Å². The molecule has 0 unspecified atom stereocenters. The summed E-state index contributed by atoms with van der Waals surface area (Å²) in [4.78, 5) is 12.0. The number of rotatable bonds is 6. The molecule has 1 saturated carbocycles. The largest absolute Gasteiger partial charge is 0.465 e. The third-order valence-corrected chi connectivity index (χ3v) is 3.87. The highest BCUT2D eigenvalue weighted by atomic mass is 16.5. The molecule has 0 aliphatic heterocycles. The molecule has 1 aromatic carbocycles. The van der Waals surface area contributed by atoms with Crippen molar-refractivity contribution < 1.29 is 9.53 Å². The Labute approximate surface area is 119 Å². The highest BCUT2D eigenvalue weighted by molar-refractivity contribution is 5.81. The number of benzene rings is 1. The van der Waals surface area contributed by atoms with Crippen LogP contribution in [0.2, 0.25) is 0 Å². The van der Waals surface area contributed by atoms with Crippen LogP contribution in [0.3, 0.4) is 0 Å². The van der Waals surface area contributed by atoms with Crippen LogP contribution in [0.1, 0.15) is 38.3 Å². The Balaban J connectivity index is 2.07. The maximum absolute atomic E-state index is 12.0. The molecule has 0 bridgehead atoms. The molecule has 1 fully saturated rings. The first kappa shape index (κ1) is 14.5. The van der Waals surface area contributed by atoms with E-state index in [1.54, 1.807) is 6.92 Å². The smallest absolute Gasteiger partial charge is 0.314 e. The summed E-state index contributed by atoms with van der Waals surface area (Å²) in [5, 5.41) is 12.7. The highest BCUT2D eigenvalue weighted by Crippen LogP contribution is 2.50. The lowest BCUT2D eigenvalue weighted by atomic mass is 9.95. The summed E-state index contributed by atoms with van der Waals surface area (Å²) in [6, 6.07) is 11.7. The normalized spacial score (nSPS) is 18.6. The average molecular weight is 272 g/mol. The van der Waals surface area contributed by atoms with E-state index in [1.807, 2.05) is 37.3 Å². The van der Waals surface area contributed by atoms with E-state index in [1.165, 1.54) is 0 Å². The van der Waals surface area contributed by atoms with Gasteiger partial charge in [0.15, 0.2) is 0 Å². The van der Waals surface area contributed by atoms with Gasteiger partial charge in [-0.25, -0.2) is 0 Å². The lowest BCUT2D eigenvalue weighted by Crippen LogP contribution is -2.42. The van der Waals surface area contributed by atoms with Crippen molar-refractivity contribution in [1.82, 2.24) is 5.32 Å². The van der Waals surface area contributed by atoms with E-state index >= 15 is 0 Å². The molecule has 1 aliphatic rings.